The first-order valence-electron chi connectivity index (χ1n) is 9.89. The van der Waals surface area contributed by atoms with E-state index in [1.807, 2.05) is 4.90 Å². The van der Waals surface area contributed by atoms with Crippen LogP contribution in [0.2, 0.25) is 0 Å². The van der Waals surface area contributed by atoms with Crippen molar-refractivity contribution in [1.82, 2.24) is 4.90 Å². The van der Waals surface area contributed by atoms with Gasteiger partial charge in [0.1, 0.15) is 0 Å². The van der Waals surface area contributed by atoms with Crippen LogP contribution < -0.4 is 0 Å². The Kier molecular flexibility index (Phi) is 5.32. The third-order valence-electron chi connectivity index (χ3n) is 6.20. The molecule has 1 aliphatic carbocycles. The Balaban J connectivity index is 1.37. The van der Waals surface area contributed by atoms with Crippen molar-refractivity contribution in [3.05, 3.63) is 21.4 Å². The Hall–Kier alpha value is -1.40. The molecule has 2 fully saturated rings. The topological polar surface area (TPSA) is 66.8 Å². The van der Waals surface area contributed by atoms with Gasteiger partial charge in [-0.25, -0.2) is 0 Å². The lowest BCUT2D eigenvalue weighted by atomic mass is 9.84. The average Bonchev–Trinajstić information content (AvgIpc) is 3.24. The number of nitrogens with zero attached hydrogens (tertiary/aromatic N) is 1. The van der Waals surface area contributed by atoms with Gasteiger partial charge in [0, 0.05) is 24.6 Å². The summed E-state index contributed by atoms with van der Waals surface area (Å²) in [7, 11) is 0. The van der Waals surface area contributed by atoms with Crippen LogP contribution in [0.3, 0.4) is 0 Å². The van der Waals surface area contributed by atoms with Crippen molar-refractivity contribution in [3.63, 3.8) is 0 Å². The maximum Gasteiger partial charge on any atom is 0.309 e. The second kappa shape index (κ2) is 7.69. The Morgan fingerprint density at radius 3 is 2.65 bits per heavy atom. The molecule has 1 aromatic heterocycles. The number of ether oxygens (including phenoxy) is 1. The lowest BCUT2D eigenvalue weighted by molar-refractivity contribution is -0.145. The van der Waals surface area contributed by atoms with Crippen LogP contribution >= 0.6 is 11.3 Å². The van der Waals surface area contributed by atoms with E-state index in [0.717, 1.165) is 30.6 Å². The van der Waals surface area contributed by atoms with Gasteiger partial charge in [0.05, 0.1) is 16.9 Å². The van der Waals surface area contributed by atoms with Crippen molar-refractivity contribution in [3.8, 4) is 0 Å². The minimum absolute atomic E-state index is 0.156. The highest BCUT2D eigenvalue weighted by Gasteiger charge is 2.41. The number of aliphatic carboxylic acids is 1. The summed E-state index contributed by atoms with van der Waals surface area (Å²) in [6, 6.07) is 2.13. The highest BCUT2D eigenvalue weighted by atomic mass is 32.1. The molecule has 142 valence electrons. The van der Waals surface area contributed by atoms with Crippen LogP contribution in [-0.2, 0) is 22.4 Å². The molecule has 6 heteroatoms. The largest absolute Gasteiger partial charge is 0.481 e. The molecule has 4 rings (SSSR count). The molecule has 1 aromatic rings. The number of piperidine rings is 1. The summed E-state index contributed by atoms with van der Waals surface area (Å²) in [5.74, 6) is -0.715. The predicted molar refractivity (Wildman–Crippen MR) is 99.7 cm³/mol. The van der Waals surface area contributed by atoms with Crippen molar-refractivity contribution in [2.45, 2.75) is 57.5 Å². The molecule has 2 atom stereocenters. The smallest absolute Gasteiger partial charge is 0.309 e. The number of hydrogen-bond donors (Lipinski definition) is 1. The Morgan fingerprint density at radius 2 is 1.88 bits per heavy atom. The number of carboxylic acid groups (broad SMARTS) is 1. The second-order valence-corrected chi connectivity index (χ2v) is 8.95. The van der Waals surface area contributed by atoms with Crippen LogP contribution in [-0.4, -0.2) is 47.7 Å². The summed E-state index contributed by atoms with van der Waals surface area (Å²) in [5.41, 5.74) is 1.38. The SMILES string of the molecule is O=C(O)C1CCO[C@H]1C1CCN(C(=O)c2cc3c(s2)CCCCC3)CC1. The molecule has 1 amide bonds. The number of rotatable bonds is 3. The van der Waals surface area contributed by atoms with E-state index in [1.165, 1.54) is 29.7 Å². The fraction of sp³-hybridized carbons (Fsp3) is 0.700. The molecule has 3 aliphatic rings. The summed E-state index contributed by atoms with van der Waals surface area (Å²) in [6.45, 7) is 1.96. The van der Waals surface area contributed by atoms with Crippen LogP contribution in [0.1, 0.15) is 58.6 Å². The van der Waals surface area contributed by atoms with Crippen LogP contribution in [0.25, 0.3) is 0 Å². The molecular formula is C20H27NO4S. The number of aryl methyl sites for hydroxylation is 2. The maximum absolute atomic E-state index is 12.9. The molecule has 0 spiro atoms. The number of carboxylic acids is 1. The molecule has 0 bridgehead atoms. The first-order chi connectivity index (χ1) is 12.6. The molecule has 1 unspecified atom stereocenters. The summed E-state index contributed by atoms with van der Waals surface area (Å²) in [5, 5.41) is 9.36. The Bertz CT molecular complexity index is 654. The zero-order valence-electron chi connectivity index (χ0n) is 15.1. The van der Waals surface area contributed by atoms with Gasteiger partial charge in [-0.1, -0.05) is 6.42 Å². The number of hydrogen-bond acceptors (Lipinski definition) is 4. The second-order valence-electron chi connectivity index (χ2n) is 7.82. The number of amides is 1. The van der Waals surface area contributed by atoms with Gasteiger partial charge >= 0.3 is 5.97 Å². The van der Waals surface area contributed by atoms with Gasteiger partial charge < -0.3 is 14.7 Å². The fourth-order valence-electron chi connectivity index (χ4n) is 4.70. The molecule has 2 saturated heterocycles. The standard InChI is InChI=1S/C20H27NO4S/c22-19(17-12-14-4-2-1-3-5-16(14)26-17)21-9-6-13(7-10-21)18-15(20(23)24)8-11-25-18/h12-13,15,18H,1-11H2,(H,23,24)/t15?,18-/m0/s1. The van der Waals surface area contributed by atoms with Gasteiger partial charge in [0.2, 0.25) is 0 Å². The van der Waals surface area contributed by atoms with Crippen LogP contribution in [0.5, 0.6) is 0 Å². The number of fused-ring (bicyclic) bond motifs is 1. The quantitative estimate of drug-likeness (QED) is 0.820. The monoisotopic (exact) mass is 377 g/mol. The van der Waals surface area contributed by atoms with E-state index in [1.54, 1.807) is 11.3 Å². The van der Waals surface area contributed by atoms with Gasteiger partial charge in [-0.2, -0.15) is 0 Å². The molecular weight excluding hydrogens is 350 g/mol. The molecule has 5 nitrogen and oxygen atoms in total. The van der Waals surface area contributed by atoms with Crippen LogP contribution in [0, 0.1) is 11.8 Å². The number of carbonyl (C=O) groups is 2. The van der Waals surface area contributed by atoms with E-state index in [0.29, 0.717) is 26.1 Å². The zero-order chi connectivity index (χ0) is 18.1. The normalized spacial score (nSPS) is 27.2. The third-order valence-corrected chi connectivity index (χ3v) is 7.43. The molecule has 26 heavy (non-hydrogen) atoms. The lowest BCUT2D eigenvalue weighted by Crippen LogP contribution is -2.43. The van der Waals surface area contributed by atoms with E-state index in [-0.39, 0.29) is 23.8 Å². The minimum atomic E-state index is -0.744. The minimum Gasteiger partial charge on any atom is -0.481 e. The highest BCUT2D eigenvalue weighted by molar-refractivity contribution is 7.14. The first-order valence-corrected chi connectivity index (χ1v) is 10.7. The van der Waals surface area contributed by atoms with E-state index >= 15 is 0 Å². The maximum atomic E-state index is 12.9. The fourth-order valence-corrected chi connectivity index (χ4v) is 5.92. The Morgan fingerprint density at radius 1 is 1.12 bits per heavy atom. The molecule has 3 heterocycles. The van der Waals surface area contributed by atoms with Crippen LogP contribution in [0.4, 0.5) is 0 Å². The van der Waals surface area contributed by atoms with Crippen LogP contribution in [0.15, 0.2) is 6.07 Å². The van der Waals surface area contributed by atoms with E-state index in [9.17, 15) is 14.7 Å². The van der Waals surface area contributed by atoms with Gasteiger partial charge in [0.25, 0.3) is 5.91 Å². The first kappa shape index (κ1) is 18.0. The lowest BCUT2D eigenvalue weighted by Gasteiger charge is -2.35. The molecule has 0 aromatic carbocycles. The zero-order valence-corrected chi connectivity index (χ0v) is 15.9. The van der Waals surface area contributed by atoms with Crippen molar-refractivity contribution in [2.75, 3.05) is 19.7 Å². The molecule has 0 radical (unpaired) electrons. The predicted octanol–water partition coefficient (Wildman–Crippen LogP) is 3.36. The van der Waals surface area contributed by atoms with E-state index in [4.69, 9.17) is 4.74 Å². The summed E-state index contributed by atoms with van der Waals surface area (Å²) in [4.78, 5) is 28.5. The van der Waals surface area contributed by atoms with Gasteiger partial charge in [-0.3, -0.25) is 9.59 Å². The summed E-state index contributed by atoms with van der Waals surface area (Å²) < 4.78 is 5.73. The van der Waals surface area contributed by atoms with Crippen molar-refractivity contribution in [2.24, 2.45) is 11.8 Å². The molecule has 2 aliphatic heterocycles. The van der Waals surface area contributed by atoms with Gasteiger partial charge in [-0.05, 0) is 62.5 Å². The molecule has 1 N–H and O–H groups in total. The third kappa shape index (κ3) is 3.54. The van der Waals surface area contributed by atoms with Crippen molar-refractivity contribution >= 4 is 23.2 Å². The highest BCUT2D eigenvalue weighted by Crippen LogP contribution is 2.35. The summed E-state index contributed by atoms with van der Waals surface area (Å²) >= 11 is 1.69. The Labute approximate surface area is 158 Å². The van der Waals surface area contributed by atoms with Crippen molar-refractivity contribution in [1.29, 1.82) is 0 Å². The van der Waals surface area contributed by atoms with E-state index in [2.05, 4.69) is 6.07 Å². The number of carbonyl (C=O) groups excluding carboxylic acids is 1. The van der Waals surface area contributed by atoms with Gasteiger partial charge in [0.15, 0.2) is 0 Å². The number of likely N-dealkylation sites (tertiary alicyclic amines) is 1. The average molecular weight is 378 g/mol. The van der Waals surface area contributed by atoms with Crippen molar-refractivity contribution < 1.29 is 19.4 Å². The molecule has 0 saturated carbocycles. The number of thiophene rings is 1. The van der Waals surface area contributed by atoms with Gasteiger partial charge in [-0.15, -0.1) is 11.3 Å². The summed E-state index contributed by atoms with van der Waals surface area (Å²) in [6.07, 6.45) is 8.09. The van der Waals surface area contributed by atoms with E-state index < -0.39 is 5.97 Å².